The number of morpholine rings is 1. The quantitative estimate of drug-likeness (QED) is 0.490. The molecular weight excluding hydrogens is 274 g/mol. The molecule has 2 aliphatic rings. The molecule has 0 amide bonds. The zero-order chi connectivity index (χ0) is 15.8. The van der Waals surface area contributed by atoms with Crippen LogP contribution in [0.1, 0.15) is 70.6 Å². The maximum atomic E-state index is 10.9. The summed E-state index contributed by atoms with van der Waals surface area (Å²) in [6, 6.07) is 0.838. The smallest absolute Gasteiger partial charge is 0.0679 e. The second kappa shape index (κ2) is 9.05. The lowest BCUT2D eigenvalue weighted by molar-refractivity contribution is -0.137. The van der Waals surface area contributed by atoms with Gasteiger partial charge in [0, 0.05) is 12.1 Å². The number of allylic oxidation sites excluding steroid dienone is 1. The van der Waals surface area contributed by atoms with Crippen LogP contribution in [0.5, 0.6) is 0 Å². The fraction of sp³-hybridized carbons (Fsp3) is 0.895. The van der Waals surface area contributed by atoms with Gasteiger partial charge in [0.1, 0.15) is 0 Å². The molecule has 0 aliphatic carbocycles. The molecule has 2 unspecified atom stereocenters. The van der Waals surface area contributed by atoms with Gasteiger partial charge in [-0.15, -0.1) is 6.58 Å². The number of nitrogens with zero attached hydrogens (tertiary/aromatic N) is 1. The topological polar surface area (TPSA) is 32.7 Å². The number of aliphatic hydroxyl groups is 1. The molecule has 0 radical (unpaired) electrons. The Morgan fingerprint density at radius 3 is 2.18 bits per heavy atom. The van der Waals surface area contributed by atoms with E-state index in [2.05, 4.69) is 18.5 Å². The summed E-state index contributed by atoms with van der Waals surface area (Å²) in [5.74, 6) is 0. The normalized spacial score (nSPS) is 32.1. The number of hydrogen-bond acceptors (Lipinski definition) is 3. The molecular formula is C19H35NO2. The summed E-state index contributed by atoms with van der Waals surface area (Å²) in [5, 5.41) is 10.9. The molecule has 0 saturated carbocycles. The van der Waals surface area contributed by atoms with Crippen molar-refractivity contribution >= 4 is 0 Å². The van der Waals surface area contributed by atoms with Gasteiger partial charge in [0.2, 0.25) is 0 Å². The van der Waals surface area contributed by atoms with Crippen molar-refractivity contribution < 1.29 is 9.84 Å². The van der Waals surface area contributed by atoms with Crippen molar-refractivity contribution in [2.45, 2.75) is 88.3 Å². The van der Waals surface area contributed by atoms with Gasteiger partial charge in [0.15, 0.2) is 0 Å². The molecule has 0 aromatic heterocycles. The lowest BCUT2D eigenvalue weighted by Crippen LogP contribution is -2.60. The summed E-state index contributed by atoms with van der Waals surface area (Å²) in [6.07, 6.45) is 15.0. The van der Waals surface area contributed by atoms with E-state index in [1.54, 1.807) is 0 Å². The van der Waals surface area contributed by atoms with Crippen LogP contribution in [0.15, 0.2) is 12.7 Å². The molecule has 128 valence electrons. The number of likely N-dealkylation sites (N-methyl/N-ethyl adjacent to an activating group) is 1. The Morgan fingerprint density at radius 1 is 1.05 bits per heavy atom. The van der Waals surface area contributed by atoms with Crippen LogP contribution in [-0.2, 0) is 4.74 Å². The molecule has 3 heteroatoms. The van der Waals surface area contributed by atoms with E-state index in [-0.39, 0.29) is 0 Å². The summed E-state index contributed by atoms with van der Waals surface area (Å²) in [4.78, 5) is 2.42. The first kappa shape index (κ1) is 18.0. The summed E-state index contributed by atoms with van der Waals surface area (Å²) in [6.45, 7) is 5.34. The number of unbranched alkanes of at least 4 members (excludes halogenated alkanes) is 7. The van der Waals surface area contributed by atoms with Gasteiger partial charge < -0.3 is 9.84 Å². The number of hydrogen-bond donors (Lipinski definition) is 1. The minimum Gasteiger partial charge on any atom is -0.390 e. The summed E-state index contributed by atoms with van der Waals surface area (Å²) >= 11 is 0. The summed E-state index contributed by atoms with van der Waals surface area (Å²) < 4.78 is 5.64. The van der Waals surface area contributed by atoms with Crippen molar-refractivity contribution in [2.24, 2.45) is 0 Å². The third kappa shape index (κ3) is 5.36. The predicted octanol–water partition coefficient (Wildman–Crippen LogP) is 3.91. The second-order valence-corrected chi connectivity index (χ2v) is 7.45. The monoisotopic (exact) mass is 309 g/mol. The molecule has 3 nitrogen and oxygen atoms in total. The number of ether oxygens (including phenoxy) is 1. The highest BCUT2D eigenvalue weighted by Crippen LogP contribution is 2.36. The molecule has 2 rings (SSSR count). The Morgan fingerprint density at radius 2 is 1.59 bits per heavy atom. The standard InChI is InChI=1S/C19H35NO2/c1-3-4-5-6-7-8-9-10-11-12-19(21)13-17-15-22-16-18(14-19)20(17)2/h3,17-18,21H,1,4-16H2,2H3. The van der Waals surface area contributed by atoms with E-state index < -0.39 is 5.60 Å². The van der Waals surface area contributed by atoms with Gasteiger partial charge >= 0.3 is 0 Å². The lowest BCUT2D eigenvalue weighted by Gasteiger charge is -2.50. The minimum absolute atomic E-state index is 0.419. The minimum atomic E-state index is -0.435. The lowest BCUT2D eigenvalue weighted by atomic mass is 9.78. The van der Waals surface area contributed by atoms with Crippen LogP contribution in [0.2, 0.25) is 0 Å². The van der Waals surface area contributed by atoms with Crippen LogP contribution in [0, 0.1) is 0 Å². The molecule has 22 heavy (non-hydrogen) atoms. The van der Waals surface area contributed by atoms with E-state index in [1.165, 1.54) is 44.9 Å². The van der Waals surface area contributed by atoms with Crippen LogP contribution in [0.25, 0.3) is 0 Å². The fourth-order valence-corrected chi connectivity index (χ4v) is 4.07. The van der Waals surface area contributed by atoms with E-state index in [4.69, 9.17) is 4.74 Å². The van der Waals surface area contributed by atoms with Crippen LogP contribution >= 0.6 is 0 Å². The molecule has 2 aliphatic heterocycles. The molecule has 1 N–H and O–H groups in total. The van der Waals surface area contributed by atoms with Gasteiger partial charge in [0.25, 0.3) is 0 Å². The van der Waals surface area contributed by atoms with Crippen molar-refractivity contribution in [3.63, 3.8) is 0 Å². The van der Waals surface area contributed by atoms with E-state index >= 15 is 0 Å². The van der Waals surface area contributed by atoms with E-state index in [0.717, 1.165) is 38.9 Å². The SMILES string of the molecule is C=CCCCCCCCCCC1(O)CC2COCC(C1)N2C. The van der Waals surface area contributed by atoms with E-state index in [9.17, 15) is 5.11 Å². The average Bonchev–Trinajstić information content (AvgIpc) is 2.48. The molecule has 0 spiro atoms. The molecule has 2 bridgehead atoms. The van der Waals surface area contributed by atoms with Gasteiger partial charge in [-0.3, -0.25) is 4.90 Å². The van der Waals surface area contributed by atoms with Gasteiger partial charge in [-0.05, 0) is 39.2 Å². The van der Waals surface area contributed by atoms with E-state index in [1.807, 2.05) is 6.08 Å². The highest BCUT2D eigenvalue weighted by Gasteiger charge is 2.43. The Kier molecular flexibility index (Phi) is 7.39. The van der Waals surface area contributed by atoms with Crippen LogP contribution in [0.3, 0.4) is 0 Å². The second-order valence-electron chi connectivity index (χ2n) is 7.45. The number of piperidine rings is 1. The van der Waals surface area contributed by atoms with Crippen LogP contribution < -0.4 is 0 Å². The number of fused-ring (bicyclic) bond motifs is 2. The highest BCUT2D eigenvalue weighted by molar-refractivity contribution is 4.97. The predicted molar refractivity (Wildman–Crippen MR) is 92.1 cm³/mol. The van der Waals surface area contributed by atoms with E-state index in [0.29, 0.717) is 12.1 Å². The maximum Gasteiger partial charge on any atom is 0.0679 e. The average molecular weight is 309 g/mol. The van der Waals surface area contributed by atoms with Crippen molar-refractivity contribution in [2.75, 3.05) is 20.3 Å². The molecule has 2 heterocycles. The number of rotatable bonds is 10. The molecule has 2 fully saturated rings. The van der Waals surface area contributed by atoms with Gasteiger partial charge in [-0.1, -0.05) is 44.6 Å². The van der Waals surface area contributed by atoms with Crippen molar-refractivity contribution in [1.82, 2.24) is 4.90 Å². The Labute approximate surface area is 136 Å². The Hall–Kier alpha value is -0.380. The largest absolute Gasteiger partial charge is 0.390 e. The van der Waals surface area contributed by atoms with Crippen LogP contribution in [0.4, 0.5) is 0 Å². The van der Waals surface area contributed by atoms with Crippen molar-refractivity contribution in [1.29, 1.82) is 0 Å². The first-order valence-electron chi connectivity index (χ1n) is 9.27. The van der Waals surface area contributed by atoms with Crippen LogP contribution in [-0.4, -0.2) is 48.0 Å². The van der Waals surface area contributed by atoms with Gasteiger partial charge in [0.05, 0.1) is 18.8 Å². The molecule has 2 atom stereocenters. The Balaban J connectivity index is 1.56. The third-order valence-corrected chi connectivity index (χ3v) is 5.55. The van der Waals surface area contributed by atoms with Crippen molar-refractivity contribution in [3.05, 3.63) is 12.7 Å². The maximum absolute atomic E-state index is 10.9. The first-order valence-corrected chi connectivity index (χ1v) is 9.27. The van der Waals surface area contributed by atoms with Crippen molar-refractivity contribution in [3.8, 4) is 0 Å². The fourth-order valence-electron chi connectivity index (χ4n) is 4.07. The third-order valence-electron chi connectivity index (χ3n) is 5.55. The van der Waals surface area contributed by atoms with Gasteiger partial charge in [-0.2, -0.15) is 0 Å². The molecule has 0 aromatic carbocycles. The summed E-state index contributed by atoms with van der Waals surface area (Å²) in [7, 11) is 2.18. The summed E-state index contributed by atoms with van der Waals surface area (Å²) in [5.41, 5.74) is -0.435. The Bertz CT molecular complexity index is 317. The molecule has 0 aromatic rings. The highest BCUT2D eigenvalue weighted by atomic mass is 16.5. The zero-order valence-electron chi connectivity index (χ0n) is 14.4. The first-order chi connectivity index (χ1) is 10.6. The zero-order valence-corrected chi connectivity index (χ0v) is 14.4. The van der Waals surface area contributed by atoms with Gasteiger partial charge in [-0.25, -0.2) is 0 Å². The molecule has 2 saturated heterocycles.